The van der Waals surface area contributed by atoms with Crippen molar-refractivity contribution < 1.29 is 18.8 Å². The van der Waals surface area contributed by atoms with Crippen LogP contribution in [0.5, 0.6) is 5.75 Å². The normalized spacial score (nSPS) is 10.7. The van der Waals surface area contributed by atoms with Crippen LogP contribution in [0, 0.1) is 0 Å². The highest BCUT2D eigenvalue weighted by Gasteiger charge is 2.23. The molecular formula is C18H17NO4. The van der Waals surface area contributed by atoms with Crippen molar-refractivity contribution >= 4 is 16.9 Å². The Bertz CT molecular complexity index is 810. The van der Waals surface area contributed by atoms with Crippen LogP contribution in [-0.4, -0.2) is 25.1 Å². The van der Waals surface area contributed by atoms with Gasteiger partial charge in [-0.2, -0.15) is 0 Å². The van der Waals surface area contributed by atoms with Crippen LogP contribution < -0.4 is 4.74 Å². The molecule has 0 aliphatic heterocycles. The van der Waals surface area contributed by atoms with E-state index in [0.717, 1.165) is 16.2 Å². The van der Waals surface area contributed by atoms with E-state index in [4.69, 9.17) is 14.0 Å². The van der Waals surface area contributed by atoms with Gasteiger partial charge < -0.3 is 9.15 Å². The van der Waals surface area contributed by atoms with Crippen molar-refractivity contribution in [3.05, 3.63) is 65.9 Å². The molecule has 0 radical (unpaired) electrons. The number of carbonyl (C=O) groups excluding carboxylic acids is 1. The van der Waals surface area contributed by atoms with Crippen LogP contribution in [0.2, 0.25) is 0 Å². The Labute approximate surface area is 134 Å². The summed E-state index contributed by atoms with van der Waals surface area (Å²) in [5.74, 6) is 0.609. The maximum atomic E-state index is 12.4. The second kappa shape index (κ2) is 6.54. The Morgan fingerprint density at radius 2 is 1.78 bits per heavy atom. The lowest BCUT2D eigenvalue weighted by atomic mass is 10.1. The Hall–Kier alpha value is -2.79. The van der Waals surface area contributed by atoms with Crippen LogP contribution in [0.3, 0.4) is 0 Å². The van der Waals surface area contributed by atoms with Crippen molar-refractivity contribution in [2.75, 3.05) is 14.2 Å². The summed E-state index contributed by atoms with van der Waals surface area (Å²) in [5, 5.41) is 1.99. The van der Waals surface area contributed by atoms with Crippen LogP contribution >= 0.6 is 0 Å². The van der Waals surface area contributed by atoms with E-state index in [1.165, 1.54) is 14.2 Å². The number of amides is 1. The molecule has 2 aromatic carbocycles. The van der Waals surface area contributed by atoms with Gasteiger partial charge >= 0.3 is 5.91 Å². The van der Waals surface area contributed by atoms with Gasteiger partial charge in [0.05, 0.1) is 7.11 Å². The van der Waals surface area contributed by atoms with Gasteiger partial charge in [0, 0.05) is 18.0 Å². The van der Waals surface area contributed by atoms with Crippen LogP contribution in [0.15, 0.2) is 59.0 Å². The third-order valence-electron chi connectivity index (χ3n) is 3.58. The van der Waals surface area contributed by atoms with Crippen molar-refractivity contribution in [1.29, 1.82) is 0 Å². The van der Waals surface area contributed by atoms with E-state index in [9.17, 15) is 4.79 Å². The summed E-state index contributed by atoms with van der Waals surface area (Å²) >= 11 is 0. The predicted molar refractivity (Wildman–Crippen MR) is 86.1 cm³/mol. The molecule has 3 rings (SSSR count). The van der Waals surface area contributed by atoms with Crippen LogP contribution in [0.4, 0.5) is 0 Å². The molecule has 23 heavy (non-hydrogen) atoms. The molecule has 1 amide bonds. The van der Waals surface area contributed by atoms with Gasteiger partial charge in [0.25, 0.3) is 0 Å². The van der Waals surface area contributed by atoms with Gasteiger partial charge in [-0.1, -0.05) is 36.4 Å². The third kappa shape index (κ3) is 3.05. The molecule has 0 bridgehead atoms. The Kier molecular flexibility index (Phi) is 4.30. The smallest absolute Gasteiger partial charge is 0.313 e. The Morgan fingerprint density at radius 1 is 1.09 bits per heavy atom. The molecule has 0 atom stereocenters. The van der Waals surface area contributed by atoms with E-state index < -0.39 is 0 Å². The average Bonchev–Trinajstić information content (AvgIpc) is 2.98. The van der Waals surface area contributed by atoms with Crippen LogP contribution in [0.25, 0.3) is 11.0 Å². The fraction of sp³-hybridized carbons (Fsp3) is 0.167. The van der Waals surface area contributed by atoms with E-state index in [2.05, 4.69) is 0 Å². The number of rotatable bonds is 5. The van der Waals surface area contributed by atoms with Gasteiger partial charge in [-0.25, -0.2) is 5.06 Å². The summed E-state index contributed by atoms with van der Waals surface area (Å²) in [6.07, 6.45) is 0. The van der Waals surface area contributed by atoms with Gasteiger partial charge in [-0.15, -0.1) is 0 Å². The molecule has 0 saturated carbocycles. The van der Waals surface area contributed by atoms with Crippen molar-refractivity contribution in [2.24, 2.45) is 0 Å². The number of hydroxylamine groups is 2. The first-order valence-electron chi connectivity index (χ1n) is 7.21. The summed E-state index contributed by atoms with van der Waals surface area (Å²) in [5.41, 5.74) is 1.35. The highest BCUT2D eigenvalue weighted by Crippen LogP contribution is 2.28. The fourth-order valence-electron chi connectivity index (χ4n) is 2.31. The Balaban J connectivity index is 1.97. The van der Waals surface area contributed by atoms with E-state index in [1.807, 2.05) is 54.6 Å². The molecule has 5 heteroatoms. The first kappa shape index (κ1) is 15.1. The van der Waals surface area contributed by atoms with Crippen molar-refractivity contribution in [3.8, 4) is 5.75 Å². The zero-order valence-electron chi connectivity index (χ0n) is 13.0. The summed E-state index contributed by atoms with van der Waals surface area (Å²) in [7, 11) is 2.97. The molecular weight excluding hydrogens is 294 g/mol. The molecule has 0 aliphatic carbocycles. The lowest BCUT2D eigenvalue weighted by molar-refractivity contribution is -0.0773. The van der Waals surface area contributed by atoms with E-state index in [-0.39, 0.29) is 18.3 Å². The number of carbonyl (C=O) groups is 1. The largest absolute Gasteiger partial charge is 0.489 e. The number of para-hydroxylation sites is 2. The number of benzene rings is 2. The SMILES string of the molecule is CON(C)C(=O)c1oc2ccccc2c1COc1ccccc1. The highest BCUT2D eigenvalue weighted by atomic mass is 16.7. The molecule has 0 aliphatic rings. The summed E-state index contributed by atoms with van der Waals surface area (Å²) in [4.78, 5) is 17.4. The first-order chi connectivity index (χ1) is 11.2. The molecule has 3 aromatic rings. The highest BCUT2D eigenvalue weighted by molar-refractivity contribution is 5.98. The number of fused-ring (bicyclic) bond motifs is 1. The quantitative estimate of drug-likeness (QED) is 0.675. The van der Waals surface area contributed by atoms with Gasteiger partial charge in [-0.3, -0.25) is 9.63 Å². The third-order valence-corrected chi connectivity index (χ3v) is 3.58. The minimum atomic E-state index is -0.352. The van der Waals surface area contributed by atoms with Crippen molar-refractivity contribution in [1.82, 2.24) is 5.06 Å². The van der Waals surface area contributed by atoms with Crippen molar-refractivity contribution in [3.63, 3.8) is 0 Å². The first-order valence-corrected chi connectivity index (χ1v) is 7.21. The van der Waals surface area contributed by atoms with Crippen LogP contribution in [-0.2, 0) is 11.4 Å². The second-order valence-corrected chi connectivity index (χ2v) is 4.99. The number of hydrogen-bond donors (Lipinski definition) is 0. The Morgan fingerprint density at radius 3 is 2.52 bits per heavy atom. The summed E-state index contributed by atoms with van der Waals surface area (Å²) < 4.78 is 11.5. The predicted octanol–water partition coefficient (Wildman–Crippen LogP) is 3.65. The lowest BCUT2D eigenvalue weighted by Crippen LogP contribution is -2.26. The molecule has 118 valence electrons. The van der Waals surface area contributed by atoms with Crippen LogP contribution in [0.1, 0.15) is 16.1 Å². The average molecular weight is 311 g/mol. The molecule has 0 N–H and O–H groups in total. The molecule has 5 nitrogen and oxygen atoms in total. The number of ether oxygens (including phenoxy) is 1. The topological polar surface area (TPSA) is 51.9 Å². The molecule has 0 spiro atoms. The maximum absolute atomic E-state index is 12.4. The number of nitrogens with zero attached hydrogens (tertiary/aromatic N) is 1. The van der Waals surface area contributed by atoms with Crippen molar-refractivity contribution in [2.45, 2.75) is 6.61 Å². The number of hydrogen-bond acceptors (Lipinski definition) is 4. The zero-order chi connectivity index (χ0) is 16.2. The van der Waals surface area contributed by atoms with E-state index in [1.54, 1.807) is 0 Å². The van der Waals surface area contributed by atoms with Gasteiger partial charge in [0.1, 0.15) is 17.9 Å². The molecule has 0 saturated heterocycles. The van der Waals surface area contributed by atoms with Gasteiger partial charge in [0.15, 0.2) is 0 Å². The molecule has 0 unspecified atom stereocenters. The maximum Gasteiger partial charge on any atom is 0.313 e. The minimum absolute atomic E-state index is 0.228. The molecule has 1 heterocycles. The minimum Gasteiger partial charge on any atom is -0.489 e. The number of furan rings is 1. The molecule has 0 fully saturated rings. The van der Waals surface area contributed by atoms with Gasteiger partial charge in [0.2, 0.25) is 5.76 Å². The monoisotopic (exact) mass is 311 g/mol. The van der Waals surface area contributed by atoms with E-state index in [0.29, 0.717) is 11.1 Å². The standard InChI is InChI=1S/C18H17NO4/c1-19(21-2)18(20)17-15(12-22-13-8-4-3-5-9-13)14-10-6-7-11-16(14)23-17/h3-11H,12H2,1-2H3. The van der Waals surface area contributed by atoms with E-state index >= 15 is 0 Å². The summed E-state index contributed by atoms with van der Waals surface area (Å²) in [6.45, 7) is 0.236. The fourth-order valence-corrected chi connectivity index (χ4v) is 2.31. The molecule has 1 aromatic heterocycles. The zero-order valence-corrected chi connectivity index (χ0v) is 13.0. The second-order valence-electron chi connectivity index (χ2n) is 4.99. The van der Waals surface area contributed by atoms with Gasteiger partial charge in [-0.05, 0) is 18.2 Å². The lowest BCUT2D eigenvalue weighted by Gasteiger charge is -2.13. The summed E-state index contributed by atoms with van der Waals surface area (Å²) in [6, 6.07) is 16.9.